The number of guanidine groups is 1. The van der Waals surface area contributed by atoms with E-state index in [1.54, 1.807) is 7.05 Å². The molecule has 0 radical (unpaired) electrons. The summed E-state index contributed by atoms with van der Waals surface area (Å²) in [5, 5.41) is 10.8. The molecule has 0 aliphatic carbocycles. The van der Waals surface area contributed by atoms with Crippen molar-refractivity contribution >= 4 is 29.9 Å². The summed E-state index contributed by atoms with van der Waals surface area (Å²) in [5.41, 5.74) is 2.19. The van der Waals surface area contributed by atoms with Gasteiger partial charge >= 0.3 is 0 Å². The molecule has 1 aromatic heterocycles. The Kier molecular flexibility index (Phi) is 11.3. The van der Waals surface area contributed by atoms with Gasteiger partial charge in [0.15, 0.2) is 5.96 Å². The van der Waals surface area contributed by atoms with Gasteiger partial charge in [0, 0.05) is 38.7 Å². The van der Waals surface area contributed by atoms with Crippen molar-refractivity contribution in [2.45, 2.75) is 40.2 Å². The van der Waals surface area contributed by atoms with Crippen molar-refractivity contribution in [3.63, 3.8) is 0 Å². The van der Waals surface area contributed by atoms with Crippen molar-refractivity contribution in [1.29, 1.82) is 0 Å². The fourth-order valence-corrected chi connectivity index (χ4v) is 2.05. The van der Waals surface area contributed by atoms with Crippen LogP contribution in [0.15, 0.2) is 9.52 Å². The Balaban J connectivity index is 0.00000441. The molecule has 0 aliphatic rings. The largest absolute Gasteiger partial charge is 0.361 e. The molecule has 128 valence electrons. The molecule has 0 aromatic carbocycles. The van der Waals surface area contributed by atoms with Crippen LogP contribution in [0.4, 0.5) is 0 Å². The van der Waals surface area contributed by atoms with Gasteiger partial charge < -0.3 is 20.1 Å². The number of hydrogen-bond acceptors (Lipinski definition) is 4. The minimum absolute atomic E-state index is 0. The fraction of sp³-hybridized carbons (Fsp3) is 0.733. The third-order valence-electron chi connectivity index (χ3n) is 3.59. The van der Waals surface area contributed by atoms with E-state index in [9.17, 15) is 0 Å². The summed E-state index contributed by atoms with van der Waals surface area (Å²) in [5.74, 6) is 1.77. The molecule has 0 aliphatic heterocycles. The molecule has 0 bridgehead atoms. The summed E-state index contributed by atoms with van der Waals surface area (Å²) < 4.78 is 5.37. The van der Waals surface area contributed by atoms with Gasteiger partial charge in [-0.1, -0.05) is 25.9 Å². The minimum Gasteiger partial charge on any atom is -0.361 e. The Bertz CT molecular complexity index is 426. The van der Waals surface area contributed by atoms with Crippen LogP contribution < -0.4 is 10.6 Å². The van der Waals surface area contributed by atoms with Crippen LogP contribution in [-0.2, 0) is 19.4 Å². The second kappa shape index (κ2) is 11.7. The van der Waals surface area contributed by atoms with Crippen LogP contribution in [0.2, 0.25) is 0 Å². The van der Waals surface area contributed by atoms with Crippen LogP contribution in [0, 0.1) is 0 Å². The Morgan fingerprint density at radius 1 is 1.23 bits per heavy atom. The van der Waals surface area contributed by atoms with Crippen LogP contribution in [-0.4, -0.2) is 49.7 Å². The first-order valence-corrected chi connectivity index (χ1v) is 7.75. The van der Waals surface area contributed by atoms with E-state index >= 15 is 0 Å². The van der Waals surface area contributed by atoms with Gasteiger partial charge in [0.2, 0.25) is 0 Å². The van der Waals surface area contributed by atoms with Crippen molar-refractivity contribution in [2.75, 3.05) is 33.7 Å². The fourth-order valence-electron chi connectivity index (χ4n) is 2.05. The maximum atomic E-state index is 5.37. The molecular formula is C15H30IN5O. The normalized spacial score (nSPS) is 11.5. The molecular weight excluding hydrogens is 393 g/mol. The van der Waals surface area contributed by atoms with E-state index in [0.29, 0.717) is 6.54 Å². The quantitative estimate of drug-likeness (QED) is 0.381. The minimum atomic E-state index is 0. The number of rotatable bonds is 8. The monoisotopic (exact) mass is 423 g/mol. The first-order valence-electron chi connectivity index (χ1n) is 7.75. The highest BCUT2D eigenvalue weighted by Gasteiger charge is 2.13. The lowest BCUT2D eigenvalue weighted by Crippen LogP contribution is -2.40. The van der Waals surface area contributed by atoms with E-state index < -0.39 is 0 Å². The lowest BCUT2D eigenvalue weighted by Gasteiger charge is -2.16. The summed E-state index contributed by atoms with van der Waals surface area (Å²) in [6.07, 6.45) is 1.74. The highest BCUT2D eigenvalue weighted by Crippen LogP contribution is 2.15. The average molecular weight is 423 g/mol. The first kappa shape index (κ1) is 21.2. The van der Waals surface area contributed by atoms with Gasteiger partial charge in [0.1, 0.15) is 5.76 Å². The zero-order valence-electron chi connectivity index (χ0n) is 14.4. The molecule has 1 heterocycles. The van der Waals surface area contributed by atoms with Gasteiger partial charge in [-0.3, -0.25) is 4.99 Å². The highest BCUT2D eigenvalue weighted by atomic mass is 127. The van der Waals surface area contributed by atoms with Crippen LogP contribution in [0.5, 0.6) is 0 Å². The zero-order chi connectivity index (χ0) is 15.7. The van der Waals surface area contributed by atoms with Gasteiger partial charge in [-0.2, -0.15) is 0 Å². The molecule has 0 unspecified atom stereocenters. The maximum Gasteiger partial charge on any atom is 0.191 e. The van der Waals surface area contributed by atoms with Crippen molar-refractivity contribution in [3.8, 4) is 0 Å². The number of nitrogens with zero attached hydrogens (tertiary/aromatic N) is 3. The molecule has 0 fully saturated rings. The molecule has 6 nitrogen and oxygen atoms in total. The summed E-state index contributed by atoms with van der Waals surface area (Å²) >= 11 is 0. The molecule has 22 heavy (non-hydrogen) atoms. The van der Waals surface area contributed by atoms with E-state index in [1.807, 2.05) is 0 Å². The van der Waals surface area contributed by atoms with Crippen molar-refractivity contribution < 1.29 is 4.52 Å². The standard InChI is InChI=1S/C15H29N5O.HI/c1-6-13-12(14(7-2)21-19-13)11-18-15(16-4)17-9-10-20(5)8-3;/h6-11H2,1-5H3,(H2,16,17,18);1H. The Hall–Kier alpha value is -0.830. The van der Waals surface area contributed by atoms with E-state index in [0.717, 1.165) is 55.5 Å². The predicted octanol–water partition coefficient (Wildman–Crippen LogP) is 2.03. The van der Waals surface area contributed by atoms with Crippen LogP contribution >= 0.6 is 24.0 Å². The molecule has 0 saturated carbocycles. The Labute approximate surface area is 151 Å². The predicted molar refractivity (Wildman–Crippen MR) is 102 cm³/mol. The van der Waals surface area contributed by atoms with E-state index in [4.69, 9.17) is 4.52 Å². The number of aliphatic imine (C=N–C) groups is 1. The first-order chi connectivity index (χ1) is 10.2. The number of nitrogens with one attached hydrogen (secondary N) is 2. The van der Waals surface area contributed by atoms with Crippen molar-refractivity contribution in [2.24, 2.45) is 4.99 Å². The molecule has 0 spiro atoms. The molecule has 2 N–H and O–H groups in total. The lowest BCUT2D eigenvalue weighted by molar-refractivity contribution is 0.357. The van der Waals surface area contributed by atoms with Gasteiger partial charge in [0.05, 0.1) is 5.69 Å². The summed E-state index contributed by atoms with van der Waals surface area (Å²) in [7, 11) is 3.89. The van der Waals surface area contributed by atoms with Gasteiger partial charge in [0.25, 0.3) is 0 Å². The van der Waals surface area contributed by atoms with Crippen LogP contribution in [0.1, 0.15) is 37.8 Å². The van der Waals surface area contributed by atoms with Crippen LogP contribution in [0.3, 0.4) is 0 Å². The Morgan fingerprint density at radius 3 is 2.50 bits per heavy atom. The third kappa shape index (κ3) is 6.51. The molecule has 0 atom stereocenters. The lowest BCUT2D eigenvalue weighted by atomic mass is 10.1. The van der Waals surface area contributed by atoms with Gasteiger partial charge in [-0.15, -0.1) is 24.0 Å². The SMILES string of the molecule is CCc1noc(CC)c1CNC(=NC)NCCN(C)CC.I. The van der Waals surface area contributed by atoms with Gasteiger partial charge in [-0.05, 0) is 20.0 Å². The van der Waals surface area contributed by atoms with E-state index in [-0.39, 0.29) is 24.0 Å². The highest BCUT2D eigenvalue weighted by molar-refractivity contribution is 14.0. The van der Waals surface area contributed by atoms with Gasteiger partial charge in [-0.25, -0.2) is 0 Å². The van der Waals surface area contributed by atoms with Crippen molar-refractivity contribution in [1.82, 2.24) is 20.7 Å². The summed E-state index contributed by atoms with van der Waals surface area (Å²) in [4.78, 5) is 6.50. The summed E-state index contributed by atoms with van der Waals surface area (Å²) in [6.45, 7) is 9.93. The molecule has 1 rings (SSSR count). The number of halogens is 1. The van der Waals surface area contributed by atoms with Crippen LogP contribution in [0.25, 0.3) is 0 Å². The molecule has 0 amide bonds. The zero-order valence-corrected chi connectivity index (χ0v) is 16.7. The number of aromatic nitrogens is 1. The van der Waals surface area contributed by atoms with Crippen molar-refractivity contribution in [3.05, 3.63) is 17.0 Å². The number of aryl methyl sites for hydroxylation is 2. The Morgan fingerprint density at radius 2 is 1.95 bits per heavy atom. The summed E-state index contributed by atoms with van der Waals surface area (Å²) in [6, 6.07) is 0. The number of hydrogen-bond donors (Lipinski definition) is 2. The molecule has 0 saturated heterocycles. The van der Waals surface area contributed by atoms with E-state index in [2.05, 4.69) is 53.5 Å². The molecule has 1 aromatic rings. The third-order valence-corrected chi connectivity index (χ3v) is 3.59. The maximum absolute atomic E-state index is 5.37. The number of likely N-dealkylation sites (N-methyl/N-ethyl adjacent to an activating group) is 1. The topological polar surface area (TPSA) is 65.7 Å². The smallest absolute Gasteiger partial charge is 0.191 e. The second-order valence-corrected chi connectivity index (χ2v) is 4.99. The second-order valence-electron chi connectivity index (χ2n) is 4.99. The van der Waals surface area contributed by atoms with E-state index in [1.165, 1.54) is 0 Å². The molecule has 7 heteroatoms. The average Bonchev–Trinajstić information content (AvgIpc) is 2.92.